The zero-order chi connectivity index (χ0) is 17.4. The molecule has 4 rings (SSSR count). The molecule has 2 aliphatic rings. The fourth-order valence-corrected chi connectivity index (χ4v) is 3.14. The van der Waals surface area contributed by atoms with Gasteiger partial charge in [0.05, 0.1) is 13.0 Å². The molecule has 6 nitrogen and oxygen atoms in total. The molecule has 0 atom stereocenters. The van der Waals surface area contributed by atoms with E-state index < -0.39 is 0 Å². The van der Waals surface area contributed by atoms with Gasteiger partial charge in [0.1, 0.15) is 11.5 Å². The van der Waals surface area contributed by atoms with E-state index in [1.807, 2.05) is 31.2 Å². The Morgan fingerprint density at radius 3 is 2.88 bits per heavy atom. The Labute approximate surface area is 158 Å². The SMILES string of the molecule is COc1cccc(C2=CCN(C(=O)c3nc(C4CNC4)oc3C)C2)c1.Cl. The van der Waals surface area contributed by atoms with Crippen molar-refractivity contribution < 1.29 is 13.9 Å². The monoisotopic (exact) mass is 375 g/mol. The van der Waals surface area contributed by atoms with Gasteiger partial charge < -0.3 is 19.4 Å². The summed E-state index contributed by atoms with van der Waals surface area (Å²) >= 11 is 0. The van der Waals surface area contributed by atoms with Gasteiger partial charge in [-0.1, -0.05) is 18.2 Å². The largest absolute Gasteiger partial charge is 0.497 e. The number of oxazole rings is 1. The average Bonchev–Trinajstić information content (AvgIpc) is 3.20. The molecule has 1 saturated heterocycles. The zero-order valence-electron chi connectivity index (χ0n) is 14.8. The zero-order valence-corrected chi connectivity index (χ0v) is 15.6. The highest BCUT2D eigenvalue weighted by Gasteiger charge is 2.30. The van der Waals surface area contributed by atoms with Crippen LogP contribution in [0.3, 0.4) is 0 Å². The highest BCUT2D eigenvalue weighted by molar-refractivity contribution is 5.95. The molecule has 0 spiro atoms. The lowest BCUT2D eigenvalue weighted by molar-refractivity contribution is 0.0794. The van der Waals surface area contributed by atoms with Crippen molar-refractivity contribution in [3.63, 3.8) is 0 Å². The maximum absolute atomic E-state index is 12.8. The van der Waals surface area contributed by atoms with Gasteiger partial charge in [-0.3, -0.25) is 4.79 Å². The van der Waals surface area contributed by atoms with Gasteiger partial charge in [-0.05, 0) is 30.2 Å². The maximum atomic E-state index is 12.8. The van der Waals surface area contributed by atoms with Gasteiger partial charge in [-0.15, -0.1) is 12.4 Å². The topological polar surface area (TPSA) is 67.6 Å². The van der Waals surface area contributed by atoms with Crippen molar-refractivity contribution in [2.75, 3.05) is 33.3 Å². The summed E-state index contributed by atoms with van der Waals surface area (Å²) in [5.41, 5.74) is 2.63. The van der Waals surface area contributed by atoms with E-state index in [0.717, 1.165) is 30.0 Å². The van der Waals surface area contributed by atoms with Gasteiger partial charge in [-0.2, -0.15) is 0 Å². The van der Waals surface area contributed by atoms with Crippen LogP contribution in [-0.4, -0.2) is 49.1 Å². The second-order valence-electron chi connectivity index (χ2n) is 6.46. The molecule has 0 bridgehead atoms. The minimum Gasteiger partial charge on any atom is -0.497 e. The summed E-state index contributed by atoms with van der Waals surface area (Å²) in [6.45, 7) is 4.68. The molecule has 26 heavy (non-hydrogen) atoms. The van der Waals surface area contributed by atoms with E-state index in [9.17, 15) is 4.79 Å². The van der Waals surface area contributed by atoms with Crippen molar-refractivity contribution >= 4 is 23.9 Å². The van der Waals surface area contributed by atoms with Gasteiger partial charge in [0, 0.05) is 26.2 Å². The molecule has 0 saturated carbocycles. The first-order chi connectivity index (χ1) is 12.2. The molecule has 1 fully saturated rings. The molecule has 1 aromatic carbocycles. The number of carbonyl (C=O) groups excluding carboxylic acids is 1. The first-order valence-corrected chi connectivity index (χ1v) is 8.46. The quantitative estimate of drug-likeness (QED) is 0.889. The number of amides is 1. The first-order valence-electron chi connectivity index (χ1n) is 8.46. The van der Waals surface area contributed by atoms with Crippen molar-refractivity contribution in [1.29, 1.82) is 0 Å². The predicted octanol–water partition coefficient (Wildman–Crippen LogP) is 2.64. The third-order valence-electron chi connectivity index (χ3n) is 4.79. The van der Waals surface area contributed by atoms with Crippen molar-refractivity contribution in [1.82, 2.24) is 15.2 Å². The molecular formula is C19H22ClN3O3. The van der Waals surface area contributed by atoms with Crippen molar-refractivity contribution in [2.24, 2.45) is 0 Å². The Balaban J connectivity index is 0.00000196. The second kappa shape index (κ2) is 7.51. The number of benzene rings is 1. The summed E-state index contributed by atoms with van der Waals surface area (Å²) in [6.07, 6.45) is 2.08. The third-order valence-corrected chi connectivity index (χ3v) is 4.79. The van der Waals surface area contributed by atoms with Gasteiger partial charge in [0.25, 0.3) is 5.91 Å². The Bertz CT molecular complexity index is 842. The summed E-state index contributed by atoms with van der Waals surface area (Å²) in [5, 5.41) is 3.19. The van der Waals surface area contributed by atoms with Crippen LogP contribution in [0, 0.1) is 6.92 Å². The number of halogens is 1. The van der Waals surface area contributed by atoms with E-state index >= 15 is 0 Å². The molecule has 1 N–H and O–H groups in total. The summed E-state index contributed by atoms with van der Waals surface area (Å²) in [6, 6.07) is 7.89. The van der Waals surface area contributed by atoms with E-state index in [2.05, 4.69) is 16.4 Å². The highest BCUT2D eigenvalue weighted by atomic mass is 35.5. The maximum Gasteiger partial charge on any atom is 0.276 e. The van der Waals surface area contributed by atoms with Crippen molar-refractivity contribution in [3.8, 4) is 5.75 Å². The van der Waals surface area contributed by atoms with Crippen LogP contribution in [0.15, 0.2) is 34.8 Å². The minimum absolute atomic E-state index is 0. The van der Waals surface area contributed by atoms with Gasteiger partial charge in [-0.25, -0.2) is 4.98 Å². The number of rotatable bonds is 4. The van der Waals surface area contributed by atoms with Gasteiger partial charge in [0.2, 0.25) is 5.89 Å². The van der Waals surface area contributed by atoms with Crippen LogP contribution in [0.25, 0.3) is 5.57 Å². The van der Waals surface area contributed by atoms with Crippen LogP contribution in [0.2, 0.25) is 0 Å². The lowest BCUT2D eigenvalue weighted by Crippen LogP contribution is -2.40. The van der Waals surface area contributed by atoms with Crippen LogP contribution in [0.4, 0.5) is 0 Å². The normalized spacial score (nSPS) is 16.7. The number of hydrogen-bond donors (Lipinski definition) is 1. The Morgan fingerprint density at radius 1 is 1.38 bits per heavy atom. The number of ether oxygens (including phenoxy) is 1. The van der Waals surface area contributed by atoms with E-state index in [4.69, 9.17) is 9.15 Å². The Morgan fingerprint density at radius 2 is 2.19 bits per heavy atom. The number of nitrogens with one attached hydrogen (secondary N) is 1. The number of carbonyl (C=O) groups is 1. The first kappa shape index (κ1) is 18.5. The van der Waals surface area contributed by atoms with Crippen LogP contribution in [0.1, 0.15) is 33.6 Å². The number of aromatic nitrogens is 1. The highest BCUT2D eigenvalue weighted by Crippen LogP contribution is 2.27. The van der Waals surface area contributed by atoms with E-state index in [1.165, 1.54) is 0 Å². The summed E-state index contributed by atoms with van der Waals surface area (Å²) in [7, 11) is 1.65. The second-order valence-corrected chi connectivity index (χ2v) is 6.46. The van der Waals surface area contributed by atoms with Crippen molar-refractivity contribution in [3.05, 3.63) is 53.2 Å². The van der Waals surface area contributed by atoms with Crippen LogP contribution >= 0.6 is 12.4 Å². The molecule has 1 aromatic heterocycles. The fraction of sp³-hybridized carbons (Fsp3) is 0.368. The van der Waals surface area contributed by atoms with Crippen LogP contribution in [0.5, 0.6) is 5.75 Å². The minimum atomic E-state index is -0.0751. The molecule has 0 aliphatic carbocycles. The summed E-state index contributed by atoms with van der Waals surface area (Å²) in [4.78, 5) is 19.1. The Kier molecular flexibility index (Phi) is 5.34. The van der Waals surface area contributed by atoms with E-state index in [0.29, 0.717) is 30.4 Å². The molecule has 2 aromatic rings. The van der Waals surface area contributed by atoms with E-state index in [1.54, 1.807) is 12.0 Å². The number of nitrogens with zero attached hydrogens (tertiary/aromatic N) is 2. The third kappa shape index (κ3) is 3.34. The van der Waals surface area contributed by atoms with Crippen LogP contribution < -0.4 is 10.1 Å². The molecule has 0 unspecified atom stereocenters. The lowest BCUT2D eigenvalue weighted by atomic mass is 10.0. The average molecular weight is 376 g/mol. The number of methoxy groups -OCH3 is 1. The molecule has 0 radical (unpaired) electrons. The molecule has 138 valence electrons. The molecule has 7 heteroatoms. The molecule has 2 aliphatic heterocycles. The van der Waals surface area contributed by atoms with E-state index in [-0.39, 0.29) is 24.2 Å². The van der Waals surface area contributed by atoms with Gasteiger partial charge in [0.15, 0.2) is 5.69 Å². The Hall–Kier alpha value is -2.31. The van der Waals surface area contributed by atoms with Gasteiger partial charge >= 0.3 is 0 Å². The summed E-state index contributed by atoms with van der Waals surface area (Å²) in [5.74, 6) is 2.29. The smallest absolute Gasteiger partial charge is 0.276 e. The standard InChI is InChI=1S/C19H21N3O3.ClH/c1-12-17(21-18(25-12)15-9-20-10-15)19(23)22-7-6-14(11-22)13-4-3-5-16(8-13)24-2;/h3-6,8,15,20H,7,9-11H2,1-2H3;1H. The molecule has 3 heterocycles. The predicted molar refractivity (Wildman–Crippen MR) is 101 cm³/mol. The fourth-order valence-electron chi connectivity index (χ4n) is 3.14. The molecule has 1 amide bonds. The molecular weight excluding hydrogens is 354 g/mol. The number of aryl methyl sites for hydroxylation is 1. The lowest BCUT2D eigenvalue weighted by Gasteiger charge is -2.23. The number of hydrogen-bond acceptors (Lipinski definition) is 5. The van der Waals surface area contributed by atoms with Crippen LogP contribution in [-0.2, 0) is 0 Å². The van der Waals surface area contributed by atoms with Crippen molar-refractivity contribution in [2.45, 2.75) is 12.8 Å². The summed E-state index contributed by atoms with van der Waals surface area (Å²) < 4.78 is 11.0.